The van der Waals surface area contributed by atoms with E-state index in [1.807, 2.05) is 33.0 Å². The third-order valence-electron chi connectivity index (χ3n) is 2.06. The minimum atomic E-state index is -0.334. The lowest BCUT2D eigenvalue weighted by Crippen LogP contribution is -2.25. The van der Waals surface area contributed by atoms with Crippen LogP contribution in [0.4, 0.5) is 0 Å². The molecule has 14 heavy (non-hydrogen) atoms. The summed E-state index contributed by atoms with van der Waals surface area (Å²) in [4.78, 5) is 11.8. The molecule has 0 spiro atoms. The van der Waals surface area contributed by atoms with Gasteiger partial charge in [0.25, 0.3) is 0 Å². The average molecular weight is 194 g/mol. The number of aromatic nitrogens is 1. The second kappa shape index (κ2) is 3.96. The van der Waals surface area contributed by atoms with E-state index in [0.717, 1.165) is 12.0 Å². The molecule has 0 saturated heterocycles. The lowest BCUT2D eigenvalue weighted by molar-refractivity contribution is 0.0767. The quantitative estimate of drug-likeness (QED) is 0.778. The molecule has 0 aromatic carbocycles. The molecule has 0 aliphatic rings. The molecule has 3 heteroatoms. The van der Waals surface area contributed by atoms with Crippen molar-refractivity contribution < 1.29 is 4.79 Å². The Bertz CT molecular complexity index is 320. The Kier molecular flexibility index (Phi) is 3.11. The van der Waals surface area contributed by atoms with Crippen LogP contribution >= 0.6 is 0 Å². The lowest BCUT2D eigenvalue weighted by atomic mass is 9.96. The molecule has 3 nitrogen and oxygen atoms in total. The van der Waals surface area contributed by atoms with Gasteiger partial charge in [0, 0.05) is 17.8 Å². The Hall–Kier alpha value is -1.09. The van der Waals surface area contributed by atoms with Crippen LogP contribution in [0, 0.1) is 5.41 Å². The third kappa shape index (κ3) is 2.45. The van der Waals surface area contributed by atoms with Crippen LogP contribution in [-0.2, 0) is 6.42 Å². The van der Waals surface area contributed by atoms with E-state index in [1.165, 1.54) is 0 Å². The Labute approximate surface area is 84.9 Å². The van der Waals surface area contributed by atoms with E-state index in [2.05, 4.69) is 0 Å². The topological polar surface area (TPSA) is 48.0 Å². The van der Waals surface area contributed by atoms with Crippen LogP contribution in [0.25, 0.3) is 0 Å². The molecule has 1 aromatic rings. The Morgan fingerprint density at radius 2 is 2.14 bits per heavy atom. The molecule has 0 atom stereocenters. The molecule has 1 aromatic heterocycles. The van der Waals surface area contributed by atoms with Gasteiger partial charge in [-0.15, -0.1) is 0 Å². The van der Waals surface area contributed by atoms with Gasteiger partial charge in [-0.3, -0.25) is 9.36 Å². The molecule has 0 unspecified atom stereocenters. The normalized spacial score (nSPS) is 11.7. The van der Waals surface area contributed by atoms with Gasteiger partial charge in [0.05, 0.1) is 0 Å². The summed E-state index contributed by atoms with van der Waals surface area (Å²) in [6.07, 6.45) is 4.49. The highest BCUT2D eigenvalue weighted by Crippen LogP contribution is 2.17. The SMILES string of the molecule is CC(C)(C)C(=O)n1ccc(CCN)c1. The van der Waals surface area contributed by atoms with Gasteiger partial charge in [0.1, 0.15) is 0 Å². The molecule has 2 N–H and O–H groups in total. The molecule has 0 fully saturated rings. The summed E-state index contributed by atoms with van der Waals surface area (Å²) >= 11 is 0. The molecule has 78 valence electrons. The van der Waals surface area contributed by atoms with E-state index >= 15 is 0 Å². The van der Waals surface area contributed by atoms with Crippen molar-refractivity contribution in [3.63, 3.8) is 0 Å². The number of nitrogens with two attached hydrogens (primary N) is 1. The van der Waals surface area contributed by atoms with Crippen molar-refractivity contribution in [2.75, 3.05) is 6.54 Å². The maximum Gasteiger partial charge on any atom is 0.235 e. The number of carbonyl (C=O) groups is 1. The number of hydrogen-bond donors (Lipinski definition) is 1. The minimum Gasteiger partial charge on any atom is -0.330 e. The zero-order valence-corrected chi connectivity index (χ0v) is 9.08. The van der Waals surface area contributed by atoms with Crippen LogP contribution in [0.1, 0.15) is 31.1 Å². The van der Waals surface area contributed by atoms with Gasteiger partial charge in [-0.1, -0.05) is 20.8 Å². The van der Waals surface area contributed by atoms with Gasteiger partial charge in [0.15, 0.2) is 0 Å². The maximum atomic E-state index is 11.8. The van der Waals surface area contributed by atoms with Crippen molar-refractivity contribution in [3.8, 4) is 0 Å². The largest absolute Gasteiger partial charge is 0.330 e. The van der Waals surface area contributed by atoms with Crippen molar-refractivity contribution >= 4 is 5.91 Å². The summed E-state index contributed by atoms with van der Waals surface area (Å²) in [6, 6.07) is 1.94. The summed E-state index contributed by atoms with van der Waals surface area (Å²) in [7, 11) is 0. The minimum absolute atomic E-state index is 0.112. The molecule has 0 saturated carbocycles. The Morgan fingerprint density at radius 3 is 2.64 bits per heavy atom. The van der Waals surface area contributed by atoms with Gasteiger partial charge in [-0.2, -0.15) is 0 Å². The second-order valence-corrected chi connectivity index (χ2v) is 4.52. The molecule has 1 heterocycles. The van der Waals surface area contributed by atoms with Crippen LogP contribution in [0.15, 0.2) is 18.5 Å². The Balaban J connectivity index is 2.82. The zero-order valence-electron chi connectivity index (χ0n) is 9.08. The molecular formula is C11H18N2O. The first-order valence-corrected chi connectivity index (χ1v) is 4.87. The van der Waals surface area contributed by atoms with Gasteiger partial charge in [0.2, 0.25) is 5.91 Å². The van der Waals surface area contributed by atoms with E-state index in [1.54, 1.807) is 10.8 Å². The van der Waals surface area contributed by atoms with Crippen LogP contribution in [0.5, 0.6) is 0 Å². The molecular weight excluding hydrogens is 176 g/mol. The summed E-state index contributed by atoms with van der Waals surface area (Å²) in [6.45, 7) is 6.36. The lowest BCUT2D eigenvalue weighted by Gasteiger charge is -2.16. The van der Waals surface area contributed by atoms with E-state index < -0.39 is 0 Å². The van der Waals surface area contributed by atoms with Gasteiger partial charge >= 0.3 is 0 Å². The molecule has 1 rings (SSSR count). The van der Waals surface area contributed by atoms with Crippen molar-refractivity contribution in [1.82, 2.24) is 4.57 Å². The predicted molar refractivity (Wildman–Crippen MR) is 57.3 cm³/mol. The van der Waals surface area contributed by atoms with Crippen LogP contribution in [0.2, 0.25) is 0 Å². The number of hydrogen-bond acceptors (Lipinski definition) is 2. The summed E-state index contributed by atoms with van der Waals surface area (Å²) in [5.41, 5.74) is 6.22. The highest BCUT2D eigenvalue weighted by atomic mass is 16.2. The highest BCUT2D eigenvalue weighted by Gasteiger charge is 2.22. The van der Waals surface area contributed by atoms with Crippen molar-refractivity contribution in [2.45, 2.75) is 27.2 Å². The molecule has 0 aliphatic carbocycles. The average Bonchev–Trinajstić information content (AvgIpc) is 2.50. The maximum absolute atomic E-state index is 11.8. The van der Waals surface area contributed by atoms with Crippen LogP contribution in [-0.4, -0.2) is 17.0 Å². The number of nitrogens with zero attached hydrogens (tertiary/aromatic N) is 1. The summed E-state index contributed by atoms with van der Waals surface area (Å²) in [5.74, 6) is 0.112. The smallest absolute Gasteiger partial charge is 0.235 e. The summed E-state index contributed by atoms with van der Waals surface area (Å²) < 4.78 is 1.64. The second-order valence-electron chi connectivity index (χ2n) is 4.52. The van der Waals surface area contributed by atoms with E-state index in [4.69, 9.17) is 5.73 Å². The third-order valence-corrected chi connectivity index (χ3v) is 2.06. The molecule has 0 aliphatic heterocycles. The van der Waals surface area contributed by atoms with Crippen molar-refractivity contribution in [3.05, 3.63) is 24.0 Å². The molecule has 0 bridgehead atoms. The van der Waals surface area contributed by atoms with Gasteiger partial charge in [-0.25, -0.2) is 0 Å². The van der Waals surface area contributed by atoms with Gasteiger partial charge < -0.3 is 5.73 Å². The fourth-order valence-corrected chi connectivity index (χ4v) is 1.27. The first-order chi connectivity index (χ1) is 6.45. The first kappa shape index (κ1) is 11.0. The van der Waals surface area contributed by atoms with Crippen molar-refractivity contribution in [2.24, 2.45) is 11.1 Å². The van der Waals surface area contributed by atoms with E-state index in [-0.39, 0.29) is 11.3 Å². The Morgan fingerprint density at radius 1 is 1.50 bits per heavy atom. The molecule has 0 amide bonds. The zero-order chi connectivity index (χ0) is 10.8. The summed E-state index contributed by atoms with van der Waals surface area (Å²) in [5, 5.41) is 0. The highest BCUT2D eigenvalue weighted by molar-refractivity contribution is 5.84. The van der Waals surface area contributed by atoms with E-state index in [0.29, 0.717) is 6.54 Å². The van der Waals surface area contributed by atoms with Crippen LogP contribution in [0.3, 0.4) is 0 Å². The van der Waals surface area contributed by atoms with E-state index in [9.17, 15) is 4.79 Å². The monoisotopic (exact) mass is 194 g/mol. The fourth-order valence-electron chi connectivity index (χ4n) is 1.27. The van der Waals surface area contributed by atoms with Gasteiger partial charge in [-0.05, 0) is 24.6 Å². The fraction of sp³-hybridized carbons (Fsp3) is 0.545. The standard InChI is InChI=1S/C11H18N2O/c1-11(2,3)10(14)13-7-5-9(8-13)4-6-12/h5,7-8H,4,6,12H2,1-3H3. The number of carbonyl (C=O) groups excluding carboxylic acids is 1. The number of rotatable bonds is 2. The first-order valence-electron chi connectivity index (χ1n) is 4.87. The van der Waals surface area contributed by atoms with Crippen molar-refractivity contribution in [1.29, 1.82) is 0 Å². The molecule has 0 radical (unpaired) electrons. The predicted octanol–water partition coefficient (Wildman–Crippen LogP) is 1.68. The van der Waals surface area contributed by atoms with Crippen LogP contribution < -0.4 is 5.73 Å².